The Bertz CT molecular complexity index is 980. The van der Waals surface area contributed by atoms with Crippen LogP contribution < -0.4 is 15.4 Å². The Morgan fingerprint density at radius 1 is 1.10 bits per heavy atom. The molecule has 0 aliphatic carbocycles. The van der Waals surface area contributed by atoms with Crippen molar-refractivity contribution in [3.8, 4) is 5.75 Å². The highest BCUT2D eigenvalue weighted by atomic mass is 16.5. The Morgan fingerprint density at radius 3 is 2.55 bits per heavy atom. The van der Waals surface area contributed by atoms with Gasteiger partial charge in [0, 0.05) is 42.8 Å². The lowest BCUT2D eigenvalue weighted by molar-refractivity contribution is -0.116. The van der Waals surface area contributed by atoms with Gasteiger partial charge in [-0.1, -0.05) is 18.2 Å². The Kier molecular flexibility index (Phi) is 6.78. The molecular formula is C22H22N4O3. The molecule has 1 aromatic heterocycles. The molecule has 1 heterocycles. The van der Waals surface area contributed by atoms with E-state index >= 15 is 0 Å². The SMILES string of the molecule is COc1ccc(C=CC(=O)Nc2cccc(NC(=O)CCn3ccnc3)c2)cc1. The minimum absolute atomic E-state index is 0.110. The van der Waals surface area contributed by atoms with Gasteiger partial charge in [0.15, 0.2) is 0 Å². The van der Waals surface area contributed by atoms with Crippen molar-refractivity contribution < 1.29 is 14.3 Å². The molecule has 0 saturated carbocycles. The van der Waals surface area contributed by atoms with Crippen LogP contribution in [0.3, 0.4) is 0 Å². The van der Waals surface area contributed by atoms with Crippen LogP contribution in [0.5, 0.6) is 5.75 Å². The molecule has 0 bridgehead atoms. The molecule has 7 heteroatoms. The third-order valence-corrected chi connectivity index (χ3v) is 4.11. The highest BCUT2D eigenvalue weighted by molar-refractivity contribution is 6.02. The maximum atomic E-state index is 12.2. The number of aromatic nitrogens is 2. The molecule has 0 atom stereocenters. The van der Waals surface area contributed by atoms with E-state index in [9.17, 15) is 9.59 Å². The summed E-state index contributed by atoms with van der Waals surface area (Å²) in [5.41, 5.74) is 2.11. The lowest BCUT2D eigenvalue weighted by Crippen LogP contribution is -2.14. The van der Waals surface area contributed by atoms with Gasteiger partial charge in [0.05, 0.1) is 13.4 Å². The second-order valence-corrected chi connectivity index (χ2v) is 6.28. The summed E-state index contributed by atoms with van der Waals surface area (Å²) in [5.74, 6) is 0.390. The van der Waals surface area contributed by atoms with Crippen LogP contribution in [-0.4, -0.2) is 28.5 Å². The molecule has 0 unspecified atom stereocenters. The number of carbonyl (C=O) groups is 2. The van der Waals surface area contributed by atoms with Crippen molar-refractivity contribution in [3.63, 3.8) is 0 Å². The summed E-state index contributed by atoms with van der Waals surface area (Å²) in [4.78, 5) is 28.2. The molecule has 0 fully saturated rings. The average Bonchev–Trinajstić information content (AvgIpc) is 3.25. The van der Waals surface area contributed by atoms with Gasteiger partial charge < -0.3 is 19.9 Å². The highest BCUT2D eigenvalue weighted by Gasteiger charge is 2.05. The molecule has 2 N–H and O–H groups in total. The van der Waals surface area contributed by atoms with E-state index in [0.29, 0.717) is 24.3 Å². The standard InChI is InChI=1S/C22H22N4O3/c1-29-20-8-5-17(6-9-20)7-10-21(27)24-18-3-2-4-19(15-18)25-22(28)11-13-26-14-12-23-16-26/h2-10,12,14-16H,11,13H2,1H3,(H,24,27)(H,25,28). The molecule has 3 rings (SSSR count). The monoisotopic (exact) mass is 390 g/mol. The Morgan fingerprint density at radius 2 is 1.86 bits per heavy atom. The molecule has 2 aromatic carbocycles. The summed E-state index contributed by atoms with van der Waals surface area (Å²) < 4.78 is 6.95. The first-order chi connectivity index (χ1) is 14.1. The van der Waals surface area contributed by atoms with E-state index in [1.54, 1.807) is 50.0 Å². The molecule has 29 heavy (non-hydrogen) atoms. The minimum Gasteiger partial charge on any atom is -0.497 e. The van der Waals surface area contributed by atoms with Crippen molar-refractivity contribution >= 4 is 29.3 Å². The van der Waals surface area contributed by atoms with E-state index in [0.717, 1.165) is 11.3 Å². The number of imidazole rings is 1. The van der Waals surface area contributed by atoms with Crippen LogP contribution >= 0.6 is 0 Å². The molecule has 7 nitrogen and oxygen atoms in total. The minimum atomic E-state index is -0.260. The van der Waals surface area contributed by atoms with Gasteiger partial charge in [-0.25, -0.2) is 4.98 Å². The van der Waals surface area contributed by atoms with Gasteiger partial charge in [-0.05, 0) is 42.0 Å². The number of nitrogens with zero attached hydrogens (tertiary/aromatic N) is 2. The highest BCUT2D eigenvalue weighted by Crippen LogP contribution is 2.16. The van der Waals surface area contributed by atoms with E-state index in [4.69, 9.17) is 4.74 Å². The van der Waals surface area contributed by atoms with Gasteiger partial charge in [-0.3, -0.25) is 9.59 Å². The van der Waals surface area contributed by atoms with Crippen molar-refractivity contribution in [3.05, 3.63) is 78.9 Å². The number of anilines is 2. The van der Waals surface area contributed by atoms with Crippen LogP contribution in [0.4, 0.5) is 11.4 Å². The van der Waals surface area contributed by atoms with Gasteiger partial charge in [-0.15, -0.1) is 0 Å². The molecule has 0 aliphatic rings. The molecule has 0 saturated heterocycles. The summed E-state index contributed by atoms with van der Waals surface area (Å²) in [6.07, 6.45) is 8.66. The summed E-state index contributed by atoms with van der Waals surface area (Å²) in [5, 5.41) is 5.62. The lowest BCUT2D eigenvalue weighted by Gasteiger charge is -2.08. The Labute approximate surface area is 169 Å². The molecule has 148 valence electrons. The Hall–Kier alpha value is -3.87. The summed E-state index contributed by atoms with van der Waals surface area (Å²) >= 11 is 0. The van der Waals surface area contributed by atoms with Crippen LogP contribution in [0, 0.1) is 0 Å². The number of amides is 2. The lowest BCUT2D eigenvalue weighted by atomic mass is 10.2. The first-order valence-corrected chi connectivity index (χ1v) is 9.11. The van der Waals surface area contributed by atoms with Gasteiger partial charge in [0.1, 0.15) is 5.75 Å². The zero-order chi connectivity index (χ0) is 20.5. The van der Waals surface area contributed by atoms with Crippen LogP contribution in [0.25, 0.3) is 6.08 Å². The van der Waals surface area contributed by atoms with E-state index < -0.39 is 0 Å². The van der Waals surface area contributed by atoms with E-state index in [2.05, 4.69) is 15.6 Å². The topological polar surface area (TPSA) is 85.3 Å². The molecule has 3 aromatic rings. The van der Waals surface area contributed by atoms with Crippen molar-refractivity contribution in [2.24, 2.45) is 0 Å². The van der Waals surface area contributed by atoms with E-state index in [1.165, 1.54) is 6.08 Å². The predicted octanol–water partition coefficient (Wildman–Crippen LogP) is 3.57. The quantitative estimate of drug-likeness (QED) is 0.576. The van der Waals surface area contributed by atoms with Crippen LogP contribution in [0.15, 0.2) is 73.3 Å². The third kappa shape index (κ3) is 6.35. The van der Waals surface area contributed by atoms with Crippen LogP contribution in [-0.2, 0) is 16.1 Å². The third-order valence-electron chi connectivity index (χ3n) is 4.11. The summed E-state index contributed by atoms with van der Waals surface area (Å²) in [7, 11) is 1.61. The number of nitrogens with one attached hydrogen (secondary N) is 2. The molecule has 2 amide bonds. The number of hydrogen-bond donors (Lipinski definition) is 2. The van der Waals surface area contributed by atoms with Crippen molar-refractivity contribution in [2.75, 3.05) is 17.7 Å². The molecule has 0 spiro atoms. The van der Waals surface area contributed by atoms with E-state index in [1.807, 2.05) is 35.0 Å². The zero-order valence-corrected chi connectivity index (χ0v) is 16.0. The number of rotatable bonds is 8. The summed E-state index contributed by atoms with van der Waals surface area (Å²) in [6.45, 7) is 0.554. The van der Waals surface area contributed by atoms with Crippen LogP contribution in [0.1, 0.15) is 12.0 Å². The fourth-order valence-corrected chi connectivity index (χ4v) is 2.62. The average molecular weight is 390 g/mol. The van der Waals surface area contributed by atoms with Gasteiger partial charge >= 0.3 is 0 Å². The fraction of sp³-hybridized carbons (Fsp3) is 0.136. The van der Waals surface area contributed by atoms with Crippen molar-refractivity contribution in [1.82, 2.24) is 9.55 Å². The number of hydrogen-bond acceptors (Lipinski definition) is 4. The number of aryl methyl sites for hydroxylation is 1. The number of ether oxygens (including phenoxy) is 1. The zero-order valence-electron chi connectivity index (χ0n) is 16.0. The fourth-order valence-electron chi connectivity index (χ4n) is 2.62. The smallest absolute Gasteiger partial charge is 0.248 e. The molecular weight excluding hydrogens is 368 g/mol. The number of carbonyl (C=O) groups excluding carboxylic acids is 2. The molecule has 0 aliphatic heterocycles. The summed E-state index contributed by atoms with van der Waals surface area (Å²) in [6, 6.07) is 14.4. The Balaban J connectivity index is 1.52. The van der Waals surface area contributed by atoms with Crippen molar-refractivity contribution in [2.45, 2.75) is 13.0 Å². The first kappa shape index (κ1) is 19.9. The van der Waals surface area contributed by atoms with Gasteiger partial charge in [0.25, 0.3) is 0 Å². The predicted molar refractivity (Wildman–Crippen MR) is 113 cm³/mol. The van der Waals surface area contributed by atoms with Gasteiger partial charge in [0.2, 0.25) is 11.8 Å². The second kappa shape index (κ2) is 9.89. The maximum absolute atomic E-state index is 12.2. The number of methoxy groups -OCH3 is 1. The first-order valence-electron chi connectivity index (χ1n) is 9.11. The maximum Gasteiger partial charge on any atom is 0.248 e. The second-order valence-electron chi connectivity index (χ2n) is 6.28. The van der Waals surface area contributed by atoms with Crippen molar-refractivity contribution in [1.29, 1.82) is 0 Å². The molecule has 0 radical (unpaired) electrons. The van der Waals surface area contributed by atoms with Crippen LogP contribution in [0.2, 0.25) is 0 Å². The number of benzene rings is 2. The normalized spacial score (nSPS) is 10.7. The largest absolute Gasteiger partial charge is 0.497 e. The van der Waals surface area contributed by atoms with E-state index in [-0.39, 0.29) is 11.8 Å². The van der Waals surface area contributed by atoms with Gasteiger partial charge in [-0.2, -0.15) is 0 Å².